The van der Waals surface area contributed by atoms with Gasteiger partial charge in [0, 0.05) is 17.5 Å². The Morgan fingerprint density at radius 2 is 1.00 bits per heavy atom. The van der Waals surface area contributed by atoms with Crippen molar-refractivity contribution in [3.05, 3.63) is 82.4 Å². The first kappa shape index (κ1) is 20.6. The van der Waals surface area contributed by atoms with Crippen LogP contribution in [-0.2, 0) is 0 Å². The van der Waals surface area contributed by atoms with Crippen LogP contribution in [0.5, 0.6) is 23.0 Å². The second kappa shape index (κ2) is 8.08. The zero-order valence-corrected chi connectivity index (χ0v) is 17.2. The highest BCUT2D eigenvalue weighted by atomic mass is 16.3. The van der Waals surface area contributed by atoms with E-state index in [0.717, 1.165) is 22.3 Å². The molecule has 3 rings (SSSR count). The minimum Gasteiger partial charge on any atom is -0.508 e. The molecule has 0 spiro atoms. The Bertz CT molecular complexity index is 964. The van der Waals surface area contributed by atoms with Gasteiger partial charge < -0.3 is 20.4 Å². The summed E-state index contributed by atoms with van der Waals surface area (Å²) < 4.78 is 0. The quantitative estimate of drug-likeness (QED) is 0.405. The highest BCUT2D eigenvalue weighted by Gasteiger charge is 2.23. The molecular weight excluding hydrogens is 364 g/mol. The predicted molar refractivity (Wildman–Crippen MR) is 115 cm³/mol. The molecule has 0 unspecified atom stereocenters. The zero-order valence-electron chi connectivity index (χ0n) is 17.2. The summed E-state index contributed by atoms with van der Waals surface area (Å²) in [5, 5.41) is 40.8. The van der Waals surface area contributed by atoms with Gasteiger partial charge in [0.2, 0.25) is 0 Å². The lowest BCUT2D eigenvalue weighted by molar-refractivity contribution is 0.445. The molecule has 4 N–H and O–H groups in total. The molecule has 0 saturated heterocycles. The van der Waals surface area contributed by atoms with Crippen molar-refractivity contribution >= 4 is 0 Å². The Morgan fingerprint density at radius 1 is 0.517 bits per heavy atom. The third-order valence-electron chi connectivity index (χ3n) is 5.34. The molecule has 3 aromatic rings. The molecule has 0 aromatic heterocycles. The lowest BCUT2D eigenvalue weighted by Gasteiger charge is -2.23. The number of benzene rings is 3. The van der Waals surface area contributed by atoms with Crippen molar-refractivity contribution in [2.45, 2.75) is 45.4 Å². The average molecular weight is 392 g/mol. The van der Waals surface area contributed by atoms with Gasteiger partial charge in [-0.2, -0.15) is 0 Å². The summed E-state index contributed by atoms with van der Waals surface area (Å²) in [6.45, 7) is 8.07. The van der Waals surface area contributed by atoms with E-state index in [-0.39, 0.29) is 40.8 Å². The van der Waals surface area contributed by atoms with Gasteiger partial charge in [-0.25, -0.2) is 0 Å². The highest BCUT2D eigenvalue weighted by Crippen LogP contribution is 2.42. The lowest BCUT2D eigenvalue weighted by Crippen LogP contribution is -2.06. The van der Waals surface area contributed by atoms with Gasteiger partial charge in [-0.05, 0) is 52.3 Å². The van der Waals surface area contributed by atoms with Crippen LogP contribution in [0.15, 0.2) is 54.6 Å². The van der Waals surface area contributed by atoms with Crippen LogP contribution >= 0.6 is 0 Å². The molecule has 0 heterocycles. The maximum atomic E-state index is 10.6. The molecule has 0 aliphatic carbocycles. The van der Waals surface area contributed by atoms with Crippen LogP contribution < -0.4 is 0 Å². The normalized spacial score (nSPS) is 11.6. The van der Waals surface area contributed by atoms with Crippen LogP contribution in [0.25, 0.3) is 0 Å². The van der Waals surface area contributed by atoms with E-state index in [4.69, 9.17) is 0 Å². The van der Waals surface area contributed by atoms with Crippen molar-refractivity contribution < 1.29 is 20.4 Å². The molecule has 0 aliphatic rings. The smallest absolute Gasteiger partial charge is 0.123 e. The maximum Gasteiger partial charge on any atom is 0.123 e. The van der Waals surface area contributed by atoms with E-state index < -0.39 is 0 Å². The molecule has 152 valence electrons. The van der Waals surface area contributed by atoms with Gasteiger partial charge in [0.1, 0.15) is 23.0 Å². The summed E-state index contributed by atoms with van der Waals surface area (Å²) in [6, 6.07) is 15.6. The Kier molecular flexibility index (Phi) is 5.73. The van der Waals surface area contributed by atoms with Crippen LogP contribution in [0.4, 0.5) is 0 Å². The van der Waals surface area contributed by atoms with E-state index in [1.807, 2.05) is 52.0 Å². The van der Waals surface area contributed by atoms with E-state index in [2.05, 4.69) is 0 Å². The van der Waals surface area contributed by atoms with Gasteiger partial charge in [0.25, 0.3) is 0 Å². The standard InChI is InChI=1S/C25H28O4/c1-14(2)20-11-16(5-9-22(20)27)25(19-8-7-18(26)13-24(19)29)17-6-10-23(28)21(12-17)15(3)4/h5-15,25-29H,1-4H3. The number of rotatable bonds is 5. The maximum absolute atomic E-state index is 10.6. The van der Waals surface area contributed by atoms with Gasteiger partial charge in [-0.1, -0.05) is 58.0 Å². The van der Waals surface area contributed by atoms with Gasteiger partial charge in [0.05, 0.1) is 0 Å². The zero-order chi connectivity index (χ0) is 21.3. The topological polar surface area (TPSA) is 80.9 Å². The highest BCUT2D eigenvalue weighted by molar-refractivity contribution is 5.54. The molecular formula is C25H28O4. The second-order valence-electron chi connectivity index (χ2n) is 8.12. The number of aromatic hydroxyl groups is 4. The number of phenolic OH excluding ortho intramolecular Hbond substituents is 4. The van der Waals surface area contributed by atoms with Crippen molar-refractivity contribution in [2.24, 2.45) is 0 Å². The Hall–Kier alpha value is -3.14. The molecule has 0 atom stereocenters. The first-order chi connectivity index (χ1) is 13.7. The van der Waals surface area contributed by atoms with E-state index in [9.17, 15) is 20.4 Å². The molecule has 3 aromatic carbocycles. The van der Waals surface area contributed by atoms with Gasteiger partial charge >= 0.3 is 0 Å². The minimum atomic E-state index is -0.327. The van der Waals surface area contributed by atoms with Crippen LogP contribution in [0, 0.1) is 0 Å². The van der Waals surface area contributed by atoms with E-state index in [1.54, 1.807) is 24.3 Å². The molecule has 0 radical (unpaired) electrons. The molecule has 0 aliphatic heterocycles. The van der Waals surface area contributed by atoms with Crippen molar-refractivity contribution in [2.75, 3.05) is 0 Å². The van der Waals surface area contributed by atoms with Crippen molar-refractivity contribution in [3.63, 3.8) is 0 Å². The fourth-order valence-electron chi connectivity index (χ4n) is 3.76. The van der Waals surface area contributed by atoms with Gasteiger partial charge in [-0.15, -0.1) is 0 Å². The predicted octanol–water partition coefficient (Wildman–Crippen LogP) is 5.94. The Balaban J connectivity index is 2.26. The van der Waals surface area contributed by atoms with Crippen LogP contribution in [0.3, 0.4) is 0 Å². The van der Waals surface area contributed by atoms with Crippen molar-refractivity contribution in [1.29, 1.82) is 0 Å². The molecule has 0 bridgehead atoms. The van der Waals surface area contributed by atoms with Crippen LogP contribution in [0.1, 0.15) is 73.3 Å². The van der Waals surface area contributed by atoms with Crippen molar-refractivity contribution in [3.8, 4) is 23.0 Å². The summed E-state index contributed by atoms with van der Waals surface area (Å²) in [5.74, 6) is 0.411. The largest absolute Gasteiger partial charge is 0.508 e. The molecule has 0 amide bonds. The SMILES string of the molecule is CC(C)c1cc(C(c2ccc(O)c(C(C)C)c2)c2ccc(O)cc2O)ccc1O. The molecule has 0 saturated carbocycles. The summed E-state index contributed by atoms with van der Waals surface area (Å²) in [5.41, 5.74) is 4.12. The summed E-state index contributed by atoms with van der Waals surface area (Å²) in [6.07, 6.45) is 0. The summed E-state index contributed by atoms with van der Waals surface area (Å²) in [4.78, 5) is 0. The molecule has 4 nitrogen and oxygen atoms in total. The first-order valence-electron chi connectivity index (χ1n) is 9.86. The second-order valence-corrected chi connectivity index (χ2v) is 8.12. The van der Waals surface area contributed by atoms with E-state index in [1.165, 1.54) is 6.07 Å². The minimum absolute atomic E-state index is 0.00616. The fraction of sp³-hybridized carbons (Fsp3) is 0.280. The molecule has 0 fully saturated rings. The number of hydrogen-bond donors (Lipinski definition) is 4. The number of phenols is 4. The summed E-state index contributed by atoms with van der Waals surface area (Å²) >= 11 is 0. The fourth-order valence-corrected chi connectivity index (χ4v) is 3.76. The Morgan fingerprint density at radius 3 is 1.41 bits per heavy atom. The van der Waals surface area contributed by atoms with Gasteiger partial charge in [-0.3, -0.25) is 0 Å². The average Bonchev–Trinajstić information content (AvgIpc) is 2.65. The molecule has 4 heteroatoms. The van der Waals surface area contributed by atoms with Crippen LogP contribution in [-0.4, -0.2) is 20.4 Å². The Labute approximate surface area is 171 Å². The van der Waals surface area contributed by atoms with E-state index >= 15 is 0 Å². The third-order valence-corrected chi connectivity index (χ3v) is 5.34. The lowest BCUT2D eigenvalue weighted by atomic mass is 9.81. The van der Waals surface area contributed by atoms with Gasteiger partial charge in [0.15, 0.2) is 0 Å². The summed E-state index contributed by atoms with van der Waals surface area (Å²) in [7, 11) is 0. The molecule has 29 heavy (non-hydrogen) atoms. The number of hydrogen-bond acceptors (Lipinski definition) is 4. The van der Waals surface area contributed by atoms with Crippen molar-refractivity contribution in [1.82, 2.24) is 0 Å². The first-order valence-corrected chi connectivity index (χ1v) is 9.86. The van der Waals surface area contributed by atoms with E-state index in [0.29, 0.717) is 5.56 Å². The third kappa shape index (κ3) is 4.16. The van der Waals surface area contributed by atoms with Crippen LogP contribution in [0.2, 0.25) is 0 Å². The monoisotopic (exact) mass is 392 g/mol.